The van der Waals surface area contributed by atoms with Crippen molar-refractivity contribution in [2.24, 2.45) is 0 Å². The van der Waals surface area contributed by atoms with E-state index >= 15 is 0 Å². The molecule has 0 aliphatic rings. The number of benzene rings is 2. The summed E-state index contributed by atoms with van der Waals surface area (Å²) in [5.74, 6) is 0.753. The number of hydrogen-bond acceptors (Lipinski definition) is 3. The Bertz CT molecular complexity index is 535. The number of ether oxygens (including phenoxy) is 1. The Labute approximate surface area is 114 Å². The van der Waals surface area contributed by atoms with Gasteiger partial charge in [-0.1, -0.05) is 31.5 Å². The fraction of sp³-hybridized carbons (Fsp3) is 0.250. The van der Waals surface area contributed by atoms with Crippen LogP contribution >= 0.6 is 0 Å². The minimum absolute atomic E-state index is 0.676. The van der Waals surface area contributed by atoms with Gasteiger partial charge in [0.1, 0.15) is 5.75 Å². The molecule has 0 atom stereocenters. The van der Waals surface area contributed by atoms with Gasteiger partial charge in [0.15, 0.2) is 0 Å². The van der Waals surface area contributed by atoms with E-state index in [4.69, 9.17) is 16.2 Å². The largest absolute Gasteiger partial charge is 0.491 e. The fourth-order valence-electron chi connectivity index (χ4n) is 1.84. The fourth-order valence-corrected chi connectivity index (χ4v) is 1.84. The summed E-state index contributed by atoms with van der Waals surface area (Å²) < 4.78 is 5.71. The van der Waals surface area contributed by atoms with E-state index in [2.05, 4.69) is 6.92 Å². The number of hydrogen-bond donors (Lipinski definition) is 2. The minimum atomic E-state index is 0.676. The first-order valence-corrected chi connectivity index (χ1v) is 6.59. The van der Waals surface area contributed by atoms with Crippen LogP contribution in [0.4, 0.5) is 11.4 Å². The van der Waals surface area contributed by atoms with Crippen molar-refractivity contribution < 1.29 is 4.74 Å². The average molecular weight is 256 g/mol. The molecule has 4 N–H and O–H groups in total. The van der Waals surface area contributed by atoms with E-state index in [1.165, 1.54) is 0 Å². The van der Waals surface area contributed by atoms with Crippen molar-refractivity contribution >= 4 is 11.4 Å². The molecule has 2 aromatic carbocycles. The van der Waals surface area contributed by atoms with Crippen LogP contribution in [0.5, 0.6) is 5.75 Å². The Hall–Kier alpha value is -2.16. The van der Waals surface area contributed by atoms with Crippen LogP contribution in [0.15, 0.2) is 42.5 Å². The number of unbranched alkanes of at least 4 members (excludes halogenated alkanes) is 1. The lowest BCUT2D eigenvalue weighted by Gasteiger charge is -2.10. The van der Waals surface area contributed by atoms with Gasteiger partial charge in [-0.05, 0) is 41.8 Å². The summed E-state index contributed by atoms with van der Waals surface area (Å²) in [6.07, 6.45) is 2.14. The van der Waals surface area contributed by atoms with E-state index in [0.29, 0.717) is 12.3 Å². The molecule has 0 spiro atoms. The van der Waals surface area contributed by atoms with Crippen LogP contribution in [0.2, 0.25) is 0 Å². The zero-order chi connectivity index (χ0) is 13.7. The standard InChI is InChI=1S/C16H20N2O/c1-2-3-10-19-16-11-13(6-9-15(16)18)12-4-7-14(17)8-5-12/h4-9,11H,2-3,10,17-18H2,1H3. The Morgan fingerprint density at radius 1 is 0.947 bits per heavy atom. The highest BCUT2D eigenvalue weighted by molar-refractivity contribution is 5.70. The van der Waals surface area contributed by atoms with Gasteiger partial charge in [-0.3, -0.25) is 0 Å². The molecule has 3 nitrogen and oxygen atoms in total. The van der Waals surface area contributed by atoms with E-state index in [-0.39, 0.29) is 0 Å². The number of nitrogens with two attached hydrogens (primary N) is 2. The second kappa shape index (κ2) is 6.14. The van der Waals surface area contributed by atoms with Crippen LogP contribution in [0.3, 0.4) is 0 Å². The monoisotopic (exact) mass is 256 g/mol. The van der Waals surface area contributed by atoms with Gasteiger partial charge in [0.25, 0.3) is 0 Å². The molecule has 0 aliphatic carbocycles. The van der Waals surface area contributed by atoms with Gasteiger partial charge < -0.3 is 16.2 Å². The molecule has 3 heteroatoms. The summed E-state index contributed by atoms with van der Waals surface area (Å²) in [7, 11) is 0. The van der Waals surface area contributed by atoms with Crippen molar-refractivity contribution in [2.45, 2.75) is 19.8 Å². The van der Waals surface area contributed by atoms with Crippen molar-refractivity contribution in [1.29, 1.82) is 0 Å². The predicted octanol–water partition coefficient (Wildman–Crippen LogP) is 3.70. The molecule has 0 bridgehead atoms. The first kappa shape index (κ1) is 13.3. The Kier molecular flexibility index (Phi) is 4.29. The summed E-state index contributed by atoms with van der Waals surface area (Å²) in [4.78, 5) is 0. The highest BCUT2D eigenvalue weighted by Crippen LogP contribution is 2.29. The van der Waals surface area contributed by atoms with Gasteiger partial charge in [0, 0.05) is 5.69 Å². The lowest BCUT2D eigenvalue weighted by Crippen LogP contribution is -2.00. The maximum Gasteiger partial charge on any atom is 0.142 e. The van der Waals surface area contributed by atoms with Crippen LogP contribution in [0.1, 0.15) is 19.8 Å². The maximum absolute atomic E-state index is 5.93. The predicted molar refractivity (Wildman–Crippen MR) is 81.1 cm³/mol. The van der Waals surface area contributed by atoms with Crippen LogP contribution in [-0.4, -0.2) is 6.61 Å². The molecule has 0 aliphatic heterocycles. The number of nitrogen functional groups attached to an aromatic ring is 2. The quantitative estimate of drug-likeness (QED) is 0.633. The summed E-state index contributed by atoms with van der Waals surface area (Å²) >= 11 is 0. The van der Waals surface area contributed by atoms with E-state index < -0.39 is 0 Å². The summed E-state index contributed by atoms with van der Waals surface area (Å²) in [6.45, 7) is 2.84. The molecule has 0 fully saturated rings. The van der Waals surface area contributed by atoms with Crippen molar-refractivity contribution in [3.63, 3.8) is 0 Å². The zero-order valence-corrected chi connectivity index (χ0v) is 11.2. The van der Waals surface area contributed by atoms with Crippen LogP contribution in [0, 0.1) is 0 Å². The molecule has 2 rings (SSSR count). The molecule has 0 amide bonds. The third-order valence-corrected chi connectivity index (χ3v) is 3.01. The van der Waals surface area contributed by atoms with Gasteiger partial charge in [0.05, 0.1) is 12.3 Å². The van der Waals surface area contributed by atoms with E-state index in [1.54, 1.807) is 0 Å². The first-order chi connectivity index (χ1) is 9.20. The van der Waals surface area contributed by atoms with Crippen molar-refractivity contribution in [2.75, 3.05) is 18.1 Å². The molecule has 0 unspecified atom stereocenters. The second-order valence-electron chi connectivity index (χ2n) is 4.58. The zero-order valence-electron chi connectivity index (χ0n) is 11.2. The van der Waals surface area contributed by atoms with E-state index in [1.807, 2.05) is 42.5 Å². The number of anilines is 2. The first-order valence-electron chi connectivity index (χ1n) is 6.59. The second-order valence-corrected chi connectivity index (χ2v) is 4.58. The van der Waals surface area contributed by atoms with Crippen molar-refractivity contribution in [3.05, 3.63) is 42.5 Å². The smallest absolute Gasteiger partial charge is 0.142 e. The molecule has 19 heavy (non-hydrogen) atoms. The van der Waals surface area contributed by atoms with Crippen molar-refractivity contribution in [1.82, 2.24) is 0 Å². The molecular formula is C16H20N2O. The molecule has 0 heterocycles. The highest BCUT2D eigenvalue weighted by atomic mass is 16.5. The summed E-state index contributed by atoms with van der Waals surface area (Å²) in [5, 5.41) is 0. The molecule has 2 aromatic rings. The van der Waals surface area contributed by atoms with Gasteiger partial charge in [-0.25, -0.2) is 0 Å². The SMILES string of the molecule is CCCCOc1cc(-c2ccc(N)cc2)ccc1N. The Balaban J connectivity index is 2.22. The van der Waals surface area contributed by atoms with Gasteiger partial charge in [0.2, 0.25) is 0 Å². The lowest BCUT2D eigenvalue weighted by atomic mass is 10.0. The van der Waals surface area contributed by atoms with Crippen molar-refractivity contribution in [3.8, 4) is 16.9 Å². The summed E-state index contributed by atoms with van der Waals surface area (Å²) in [6, 6.07) is 13.6. The minimum Gasteiger partial charge on any atom is -0.491 e. The number of rotatable bonds is 5. The van der Waals surface area contributed by atoms with Crippen LogP contribution in [-0.2, 0) is 0 Å². The van der Waals surface area contributed by atoms with Gasteiger partial charge in [-0.2, -0.15) is 0 Å². The van der Waals surface area contributed by atoms with Crippen LogP contribution in [0.25, 0.3) is 11.1 Å². The Morgan fingerprint density at radius 2 is 1.63 bits per heavy atom. The normalized spacial score (nSPS) is 10.4. The Morgan fingerprint density at radius 3 is 2.32 bits per heavy atom. The third-order valence-electron chi connectivity index (χ3n) is 3.01. The molecular weight excluding hydrogens is 236 g/mol. The topological polar surface area (TPSA) is 61.3 Å². The summed E-state index contributed by atoms with van der Waals surface area (Å²) in [5.41, 5.74) is 15.3. The van der Waals surface area contributed by atoms with E-state index in [9.17, 15) is 0 Å². The van der Waals surface area contributed by atoms with Gasteiger partial charge in [-0.15, -0.1) is 0 Å². The van der Waals surface area contributed by atoms with E-state index in [0.717, 1.165) is 35.4 Å². The molecule has 0 saturated heterocycles. The molecule has 0 radical (unpaired) electrons. The highest BCUT2D eigenvalue weighted by Gasteiger charge is 2.04. The third kappa shape index (κ3) is 3.41. The maximum atomic E-state index is 5.93. The van der Waals surface area contributed by atoms with Crippen LogP contribution < -0.4 is 16.2 Å². The molecule has 100 valence electrons. The average Bonchev–Trinajstić information content (AvgIpc) is 2.42. The van der Waals surface area contributed by atoms with Gasteiger partial charge >= 0.3 is 0 Å². The molecule has 0 saturated carbocycles. The lowest BCUT2D eigenvalue weighted by molar-refractivity contribution is 0.311. The molecule has 0 aromatic heterocycles.